The highest BCUT2D eigenvalue weighted by Crippen LogP contribution is 2.17. The van der Waals surface area contributed by atoms with Gasteiger partial charge in [-0.05, 0) is 48.0 Å². The molecule has 7 heteroatoms. The SMILES string of the molecule is CN(C)c1ccc(/C=c2\sc3nc(-c4ccc(F)cc4)nn3c2=O)cc1. The summed E-state index contributed by atoms with van der Waals surface area (Å²) in [5.41, 5.74) is 2.50. The largest absolute Gasteiger partial charge is 0.378 e. The van der Waals surface area contributed by atoms with Gasteiger partial charge in [0.05, 0.1) is 4.53 Å². The van der Waals surface area contributed by atoms with Crippen LogP contribution >= 0.6 is 11.3 Å². The van der Waals surface area contributed by atoms with Crippen LogP contribution in [0.15, 0.2) is 53.3 Å². The first-order chi connectivity index (χ1) is 12.5. The minimum Gasteiger partial charge on any atom is -0.378 e. The normalized spacial score (nSPS) is 12.0. The third kappa shape index (κ3) is 2.97. The molecular weight excluding hydrogens is 351 g/mol. The van der Waals surface area contributed by atoms with Crippen LogP contribution in [0.1, 0.15) is 5.56 Å². The second-order valence-electron chi connectivity index (χ2n) is 6.04. The zero-order valence-electron chi connectivity index (χ0n) is 14.2. The highest BCUT2D eigenvalue weighted by atomic mass is 32.1. The van der Waals surface area contributed by atoms with Crippen LogP contribution in [0, 0.1) is 5.82 Å². The molecule has 4 rings (SSSR count). The topological polar surface area (TPSA) is 50.5 Å². The maximum Gasteiger partial charge on any atom is 0.291 e. The van der Waals surface area contributed by atoms with Crippen molar-refractivity contribution in [2.24, 2.45) is 0 Å². The molecule has 5 nitrogen and oxygen atoms in total. The Morgan fingerprint density at radius 1 is 1.08 bits per heavy atom. The van der Waals surface area contributed by atoms with Crippen LogP contribution in [0.3, 0.4) is 0 Å². The summed E-state index contributed by atoms with van der Waals surface area (Å²) in [4.78, 5) is 19.5. The van der Waals surface area contributed by atoms with Crippen LogP contribution in [0.4, 0.5) is 10.1 Å². The van der Waals surface area contributed by atoms with Crippen molar-refractivity contribution in [3.8, 4) is 11.4 Å². The summed E-state index contributed by atoms with van der Waals surface area (Å²) in [6, 6.07) is 13.8. The summed E-state index contributed by atoms with van der Waals surface area (Å²) in [6.07, 6.45) is 1.83. The number of halogens is 1. The molecule has 0 radical (unpaired) electrons. The molecule has 26 heavy (non-hydrogen) atoms. The molecule has 0 aliphatic heterocycles. The maximum absolute atomic E-state index is 13.0. The van der Waals surface area contributed by atoms with Crippen molar-refractivity contribution >= 4 is 28.1 Å². The Bertz CT molecular complexity index is 1180. The molecule has 0 saturated carbocycles. The molecule has 0 unspecified atom stereocenters. The summed E-state index contributed by atoms with van der Waals surface area (Å²) in [5.74, 6) is 0.0895. The smallest absolute Gasteiger partial charge is 0.291 e. The lowest BCUT2D eigenvalue weighted by molar-refractivity contribution is 0.628. The Morgan fingerprint density at radius 2 is 1.77 bits per heavy atom. The van der Waals surface area contributed by atoms with Crippen LogP contribution in [0.25, 0.3) is 22.4 Å². The van der Waals surface area contributed by atoms with Crippen LogP contribution in [-0.2, 0) is 0 Å². The predicted molar refractivity (Wildman–Crippen MR) is 102 cm³/mol. The molecule has 0 fully saturated rings. The molecule has 0 bridgehead atoms. The zero-order valence-corrected chi connectivity index (χ0v) is 15.0. The van der Waals surface area contributed by atoms with Crippen LogP contribution in [0.5, 0.6) is 0 Å². The third-order valence-electron chi connectivity index (χ3n) is 3.99. The summed E-state index contributed by atoms with van der Waals surface area (Å²) in [5, 5.41) is 4.27. The molecule has 0 atom stereocenters. The predicted octanol–water partition coefficient (Wildman–Crippen LogP) is 2.57. The molecule has 0 amide bonds. The van der Waals surface area contributed by atoms with Crippen molar-refractivity contribution in [1.82, 2.24) is 14.6 Å². The van der Waals surface area contributed by atoms with Gasteiger partial charge in [0.25, 0.3) is 5.56 Å². The minimum absolute atomic E-state index is 0.206. The molecule has 2 aromatic heterocycles. The van der Waals surface area contributed by atoms with Gasteiger partial charge in [-0.2, -0.15) is 9.50 Å². The average Bonchev–Trinajstić information content (AvgIpc) is 3.16. The van der Waals surface area contributed by atoms with Crippen molar-refractivity contribution < 1.29 is 4.39 Å². The first-order valence-corrected chi connectivity index (χ1v) is 8.77. The average molecular weight is 366 g/mol. The van der Waals surface area contributed by atoms with Crippen molar-refractivity contribution in [3.63, 3.8) is 0 Å². The molecule has 4 aromatic rings. The maximum atomic E-state index is 13.0. The van der Waals surface area contributed by atoms with Gasteiger partial charge in [-0.25, -0.2) is 4.39 Å². The Hall–Kier alpha value is -3.06. The summed E-state index contributed by atoms with van der Waals surface area (Å²) < 4.78 is 14.9. The second-order valence-corrected chi connectivity index (χ2v) is 7.05. The Morgan fingerprint density at radius 3 is 2.38 bits per heavy atom. The van der Waals surface area contributed by atoms with Gasteiger partial charge in [0.2, 0.25) is 4.96 Å². The fourth-order valence-corrected chi connectivity index (χ4v) is 3.48. The number of anilines is 1. The highest BCUT2D eigenvalue weighted by Gasteiger charge is 2.12. The van der Waals surface area contributed by atoms with E-state index in [-0.39, 0.29) is 11.4 Å². The lowest BCUT2D eigenvalue weighted by Gasteiger charge is -2.11. The van der Waals surface area contributed by atoms with Gasteiger partial charge < -0.3 is 4.90 Å². The molecule has 0 aliphatic rings. The summed E-state index contributed by atoms with van der Waals surface area (Å²) in [7, 11) is 3.96. The number of nitrogens with zero attached hydrogens (tertiary/aromatic N) is 4. The van der Waals surface area contributed by atoms with Crippen molar-refractivity contribution in [3.05, 3.63) is 74.8 Å². The summed E-state index contributed by atoms with van der Waals surface area (Å²) >= 11 is 1.28. The lowest BCUT2D eigenvalue weighted by atomic mass is 10.2. The van der Waals surface area contributed by atoms with Crippen LogP contribution < -0.4 is 15.0 Å². The van der Waals surface area contributed by atoms with Crippen molar-refractivity contribution in [2.45, 2.75) is 0 Å². The molecule has 0 aliphatic carbocycles. The fourth-order valence-electron chi connectivity index (χ4n) is 2.58. The lowest BCUT2D eigenvalue weighted by Crippen LogP contribution is -2.23. The van der Waals surface area contributed by atoms with E-state index in [0.29, 0.717) is 20.9 Å². The van der Waals surface area contributed by atoms with Gasteiger partial charge in [-0.3, -0.25) is 4.79 Å². The number of hydrogen-bond donors (Lipinski definition) is 0. The van der Waals surface area contributed by atoms with Gasteiger partial charge in [-0.15, -0.1) is 5.10 Å². The van der Waals surface area contributed by atoms with E-state index in [9.17, 15) is 9.18 Å². The van der Waals surface area contributed by atoms with Gasteiger partial charge in [0.1, 0.15) is 5.82 Å². The van der Waals surface area contributed by atoms with Crippen molar-refractivity contribution in [2.75, 3.05) is 19.0 Å². The molecule has 2 aromatic carbocycles. The third-order valence-corrected chi connectivity index (χ3v) is 4.95. The van der Waals surface area contributed by atoms with E-state index in [4.69, 9.17) is 0 Å². The van der Waals surface area contributed by atoms with E-state index in [1.807, 2.05) is 49.3 Å². The van der Waals surface area contributed by atoms with Crippen LogP contribution in [0.2, 0.25) is 0 Å². The number of hydrogen-bond acceptors (Lipinski definition) is 5. The Balaban J connectivity index is 1.73. The summed E-state index contributed by atoms with van der Waals surface area (Å²) in [6.45, 7) is 0. The van der Waals surface area contributed by atoms with Gasteiger partial charge in [-0.1, -0.05) is 23.5 Å². The Labute approximate surface area is 152 Å². The minimum atomic E-state index is -0.323. The fraction of sp³-hybridized carbons (Fsp3) is 0.105. The van der Waals surface area contributed by atoms with E-state index in [1.54, 1.807) is 12.1 Å². The molecule has 0 spiro atoms. The van der Waals surface area contributed by atoms with Crippen molar-refractivity contribution in [1.29, 1.82) is 0 Å². The molecule has 0 N–H and O–H groups in total. The van der Waals surface area contributed by atoms with Gasteiger partial charge in [0.15, 0.2) is 5.82 Å². The van der Waals surface area contributed by atoms with E-state index in [2.05, 4.69) is 10.1 Å². The van der Waals surface area contributed by atoms with Gasteiger partial charge >= 0.3 is 0 Å². The Kier molecular flexibility index (Phi) is 4.00. The molecular formula is C19H15FN4OS. The van der Waals surface area contributed by atoms with Gasteiger partial charge in [0, 0.05) is 25.3 Å². The first-order valence-electron chi connectivity index (χ1n) is 7.96. The molecule has 2 heterocycles. The monoisotopic (exact) mass is 366 g/mol. The number of aromatic nitrogens is 3. The van der Waals surface area contributed by atoms with E-state index in [0.717, 1.165) is 11.3 Å². The van der Waals surface area contributed by atoms with E-state index in [1.165, 1.54) is 28.0 Å². The first kappa shape index (κ1) is 16.4. The molecule has 130 valence electrons. The van der Waals surface area contributed by atoms with Crippen LogP contribution in [-0.4, -0.2) is 28.7 Å². The standard InChI is InChI=1S/C19H15FN4OS/c1-23(2)15-9-3-12(4-10-15)11-16-18(25)24-19(26-16)21-17(22-24)13-5-7-14(20)8-6-13/h3-11H,1-2H3/b16-11-. The zero-order chi connectivity index (χ0) is 18.3. The number of benzene rings is 2. The molecule has 0 saturated heterocycles. The highest BCUT2D eigenvalue weighted by molar-refractivity contribution is 7.15. The van der Waals surface area contributed by atoms with E-state index >= 15 is 0 Å². The number of fused-ring (bicyclic) bond motifs is 1. The second kappa shape index (κ2) is 6.34. The number of rotatable bonds is 3. The quantitative estimate of drug-likeness (QED) is 0.559. The number of thiazole rings is 1. The van der Waals surface area contributed by atoms with E-state index < -0.39 is 0 Å².